The van der Waals surface area contributed by atoms with E-state index in [1.807, 2.05) is 0 Å². The van der Waals surface area contributed by atoms with E-state index in [1.54, 1.807) is 48.5 Å². The lowest BCUT2D eigenvalue weighted by Gasteiger charge is -2.35. The Bertz CT molecular complexity index is 1030. The predicted molar refractivity (Wildman–Crippen MR) is 129 cm³/mol. The number of alkyl halides is 3. The molecular formula is C22H28BrF3N4O4S. The fraction of sp³-hybridized carbons (Fsp3) is 0.545. The molecule has 0 saturated heterocycles. The minimum Gasteiger partial charge on any atom is -0.444 e. The average Bonchev–Trinajstić information content (AvgIpc) is 3.07. The van der Waals surface area contributed by atoms with Crippen LogP contribution in [0.3, 0.4) is 0 Å². The number of pyridine rings is 1. The van der Waals surface area contributed by atoms with Crippen LogP contribution in [-0.2, 0) is 15.7 Å². The summed E-state index contributed by atoms with van der Waals surface area (Å²) in [7, 11) is 0. The molecule has 194 valence electrons. The minimum absolute atomic E-state index is 0.203. The number of nitrogens with one attached hydrogen (secondary N) is 1. The fourth-order valence-corrected chi connectivity index (χ4v) is 4.17. The van der Waals surface area contributed by atoms with Gasteiger partial charge in [-0.05, 0) is 76.0 Å². The normalized spacial score (nSPS) is 14.1. The van der Waals surface area contributed by atoms with Crippen LogP contribution < -0.4 is 10.2 Å². The van der Waals surface area contributed by atoms with Gasteiger partial charge >= 0.3 is 18.4 Å². The van der Waals surface area contributed by atoms with Crippen LogP contribution in [0.4, 0.5) is 27.9 Å². The number of nitrogens with zero attached hydrogens (tertiary/aromatic N) is 3. The van der Waals surface area contributed by atoms with Crippen LogP contribution in [0.1, 0.15) is 65.8 Å². The number of hydrogen-bond donors (Lipinski definition) is 1. The molecule has 0 fully saturated rings. The van der Waals surface area contributed by atoms with Crippen LogP contribution in [0, 0.1) is 0 Å². The van der Waals surface area contributed by atoms with Gasteiger partial charge in [0.15, 0.2) is 5.13 Å². The van der Waals surface area contributed by atoms with Crippen molar-refractivity contribution >= 4 is 44.6 Å². The van der Waals surface area contributed by atoms with Gasteiger partial charge in [0, 0.05) is 6.20 Å². The third-order valence-corrected chi connectivity index (χ3v) is 5.65. The Morgan fingerprint density at radius 1 is 1.03 bits per heavy atom. The molecule has 0 aliphatic heterocycles. The van der Waals surface area contributed by atoms with Gasteiger partial charge in [0.1, 0.15) is 16.9 Å². The van der Waals surface area contributed by atoms with Crippen LogP contribution in [0.2, 0.25) is 0 Å². The SMILES string of the molecule is CC(NC(=O)OC(C)(C)C)C(c1ccc(C(F)(F)F)nc1)N(C(=O)OC(C)(C)C)c1ncc(Br)s1. The van der Waals surface area contributed by atoms with Crippen molar-refractivity contribution in [3.63, 3.8) is 0 Å². The summed E-state index contributed by atoms with van der Waals surface area (Å²) in [6.07, 6.45) is -3.72. The summed E-state index contributed by atoms with van der Waals surface area (Å²) in [5.41, 5.74) is -2.54. The van der Waals surface area contributed by atoms with E-state index in [1.165, 1.54) is 17.2 Å². The number of carbonyl (C=O) groups is 2. The summed E-state index contributed by atoms with van der Waals surface area (Å²) in [6.45, 7) is 11.7. The third kappa shape index (κ3) is 8.64. The first kappa shape index (κ1) is 28.8. The zero-order valence-electron chi connectivity index (χ0n) is 20.4. The van der Waals surface area contributed by atoms with Gasteiger partial charge < -0.3 is 14.8 Å². The Morgan fingerprint density at radius 3 is 2.06 bits per heavy atom. The van der Waals surface area contributed by atoms with Crippen molar-refractivity contribution in [1.82, 2.24) is 15.3 Å². The predicted octanol–water partition coefficient (Wildman–Crippen LogP) is 6.72. The maximum Gasteiger partial charge on any atom is 0.433 e. The van der Waals surface area contributed by atoms with Crippen molar-refractivity contribution in [2.75, 3.05) is 4.90 Å². The van der Waals surface area contributed by atoms with E-state index in [9.17, 15) is 22.8 Å². The monoisotopic (exact) mass is 580 g/mol. The van der Waals surface area contributed by atoms with Gasteiger partial charge in [-0.15, -0.1) is 0 Å². The maximum atomic E-state index is 13.3. The molecule has 2 rings (SSSR count). The summed E-state index contributed by atoms with van der Waals surface area (Å²) in [5.74, 6) is 0. The molecule has 2 unspecified atom stereocenters. The summed E-state index contributed by atoms with van der Waals surface area (Å²) in [5, 5.41) is 2.86. The molecule has 0 spiro atoms. The molecule has 1 N–H and O–H groups in total. The number of hydrogen-bond acceptors (Lipinski definition) is 7. The molecule has 2 amide bonds. The highest BCUT2D eigenvalue weighted by atomic mass is 79.9. The molecule has 2 aromatic rings. The average molecular weight is 581 g/mol. The van der Waals surface area contributed by atoms with E-state index in [-0.39, 0.29) is 10.7 Å². The fourth-order valence-electron chi connectivity index (χ4n) is 2.96. The maximum absolute atomic E-state index is 13.3. The lowest BCUT2D eigenvalue weighted by atomic mass is 10.0. The Balaban J connectivity index is 2.59. The standard InChI is InChI=1S/C22H28BrF3N4O4S/c1-12(29-18(31)33-20(2,3)4)16(13-8-9-14(27-10-13)22(24,25)26)30(17-28-11-15(23)35-17)19(32)34-21(5,6)7/h8-12,16H,1-7H3,(H,29,31). The number of thiazole rings is 1. The van der Waals surface area contributed by atoms with Gasteiger partial charge in [-0.2, -0.15) is 13.2 Å². The lowest BCUT2D eigenvalue weighted by Crippen LogP contribution is -2.49. The van der Waals surface area contributed by atoms with Crippen molar-refractivity contribution in [2.24, 2.45) is 0 Å². The van der Waals surface area contributed by atoms with Gasteiger partial charge in [0.05, 0.1) is 22.1 Å². The second kappa shape index (κ2) is 10.7. The first-order chi connectivity index (χ1) is 15.9. The summed E-state index contributed by atoms with van der Waals surface area (Å²) < 4.78 is 50.8. The number of ether oxygens (including phenoxy) is 2. The van der Waals surface area contributed by atoms with Crippen LogP contribution in [-0.4, -0.2) is 39.4 Å². The van der Waals surface area contributed by atoms with Crippen molar-refractivity contribution in [3.8, 4) is 0 Å². The molecule has 35 heavy (non-hydrogen) atoms. The quantitative estimate of drug-likeness (QED) is 0.422. The molecule has 0 radical (unpaired) electrons. The second-order valence-corrected chi connectivity index (χ2v) is 12.0. The summed E-state index contributed by atoms with van der Waals surface area (Å²) in [6, 6.07) is 0.130. The minimum atomic E-state index is -4.64. The molecule has 0 aliphatic rings. The molecule has 2 aromatic heterocycles. The summed E-state index contributed by atoms with van der Waals surface area (Å²) in [4.78, 5) is 34.8. The summed E-state index contributed by atoms with van der Waals surface area (Å²) >= 11 is 4.42. The number of halogens is 4. The van der Waals surface area contributed by atoms with Crippen LogP contribution in [0.15, 0.2) is 28.3 Å². The first-order valence-corrected chi connectivity index (χ1v) is 12.1. The van der Waals surface area contributed by atoms with E-state index in [0.717, 1.165) is 23.6 Å². The van der Waals surface area contributed by atoms with Gasteiger partial charge in [-0.25, -0.2) is 19.5 Å². The zero-order valence-corrected chi connectivity index (χ0v) is 22.8. The first-order valence-electron chi connectivity index (χ1n) is 10.5. The molecule has 0 aromatic carbocycles. The highest BCUT2D eigenvalue weighted by Crippen LogP contribution is 2.37. The highest BCUT2D eigenvalue weighted by molar-refractivity contribution is 9.11. The topological polar surface area (TPSA) is 93.7 Å². The van der Waals surface area contributed by atoms with E-state index in [0.29, 0.717) is 3.79 Å². The van der Waals surface area contributed by atoms with Crippen molar-refractivity contribution in [1.29, 1.82) is 0 Å². The smallest absolute Gasteiger partial charge is 0.433 e. The van der Waals surface area contributed by atoms with Crippen LogP contribution in [0.25, 0.3) is 0 Å². The van der Waals surface area contributed by atoms with Gasteiger partial charge in [0.2, 0.25) is 0 Å². The number of aromatic nitrogens is 2. The van der Waals surface area contributed by atoms with Crippen molar-refractivity contribution in [3.05, 3.63) is 39.6 Å². The number of rotatable bonds is 5. The molecular weight excluding hydrogens is 553 g/mol. The van der Waals surface area contributed by atoms with E-state index in [2.05, 4.69) is 31.2 Å². The zero-order chi connectivity index (χ0) is 26.8. The van der Waals surface area contributed by atoms with Crippen LogP contribution >= 0.6 is 27.3 Å². The number of carbonyl (C=O) groups excluding carboxylic acids is 2. The Morgan fingerprint density at radius 2 is 1.63 bits per heavy atom. The third-order valence-electron chi connectivity index (χ3n) is 4.18. The molecule has 13 heteroatoms. The van der Waals surface area contributed by atoms with Gasteiger partial charge in [0.25, 0.3) is 0 Å². The lowest BCUT2D eigenvalue weighted by molar-refractivity contribution is -0.141. The van der Waals surface area contributed by atoms with Gasteiger partial charge in [-0.3, -0.25) is 4.98 Å². The molecule has 0 saturated carbocycles. The Hall–Kier alpha value is -2.41. The molecule has 0 bridgehead atoms. The number of alkyl carbamates (subject to hydrolysis) is 1. The highest BCUT2D eigenvalue weighted by Gasteiger charge is 2.38. The van der Waals surface area contributed by atoms with E-state index < -0.39 is 47.3 Å². The Kier molecular flexibility index (Phi) is 8.80. The van der Waals surface area contributed by atoms with Crippen LogP contribution in [0.5, 0.6) is 0 Å². The van der Waals surface area contributed by atoms with Crippen molar-refractivity contribution in [2.45, 2.75) is 77.9 Å². The Labute approximate surface area is 214 Å². The number of anilines is 1. The van der Waals surface area contributed by atoms with Gasteiger partial charge in [-0.1, -0.05) is 17.4 Å². The largest absolute Gasteiger partial charge is 0.444 e. The second-order valence-electron chi connectivity index (χ2n) is 9.65. The molecule has 0 aliphatic carbocycles. The van der Waals surface area contributed by atoms with E-state index in [4.69, 9.17) is 9.47 Å². The van der Waals surface area contributed by atoms with Crippen molar-refractivity contribution < 1.29 is 32.2 Å². The number of amides is 2. The molecule has 2 heterocycles. The molecule has 8 nitrogen and oxygen atoms in total. The molecule has 2 atom stereocenters. The van der Waals surface area contributed by atoms with E-state index >= 15 is 0 Å².